The largest absolute Gasteiger partial charge is 0.398 e. The number of hydrogen-bond acceptors (Lipinski definition) is 3. The first-order valence-corrected chi connectivity index (χ1v) is 7.39. The minimum Gasteiger partial charge on any atom is -0.398 e. The highest BCUT2D eigenvalue weighted by molar-refractivity contribution is 7.92. The molecule has 0 amide bonds. The molecule has 100 valence electrons. The van der Waals surface area contributed by atoms with Crippen LogP contribution < -0.4 is 10.5 Å². The van der Waals surface area contributed by atoms with Gasteiger partial charge in [0.2, 0.25) is 0 Å². The number of nitrogen functional groups attached to an aromatic ring is 1. The van der Waals surface area contributed by atoms with Crippen LogP contribution in [0.2, 0.25) is 5.02 Å². The second-order valence-corrected chi connectivity index (χ2v) is 6.25. The summed E-state index contributed by atoms with van der Waals surface area (Å²) in [6.45, 7) is 1.83. The van der Waals surface area contributed by atoms with Crippen LogP contribution in [0.4, 0.5) is 11.4 Å². The predicted molar refractivity (Wildman–Crippen MR) is 77.9 cm³/mol. The van der Waals surface area contributed by atoms with E-state index in [2.05, 4.69) is 4.72 Å². The quantitative estimate of drug-likeness (QED) is 0.855. The molecule has 0 aromatic heterocycles. The van der Waals surface area contributed by atoms with Crippen molar-refractivity contribution in [1.29, 1.82) is 0 Å². The Labute approximate surface area is 117 Å². The van der Waals surface area contributed by atoms with Crippen LogP contribution in [0.3, 0.4) is 0 Å². The Bertz CT molecular complexity index is 714. The fourth-order valence-electron chi connectivity index (χ4n) is 1.59. The maximum Gasteiger partial charge on any atom is 0.261 e. The number of benzene rings is 2. The van der Waals surface area contributed by atoms with E-state index in [0.29, 0.717) is 16.4 Å². The molecule has 0 saturated carbocycles. The predicted octanol–water partition coefficient (Wildman–Crippen LogP) is 3.03. The van der Waals surface area contributed by atoms with E-state index in [1.165, 1.54) is 12.1 Å². The third kappa shape index (κ3) is 3.19. The standard InChI is InChI=1S/C13H13ClN2O2S/c1-9-3-2-4-11(7-9)19(17,18)16-10-5-6-13(15)12(14)8-10/h2-8,16H,15H2,1H3. The van der Waals surface area contributed by atoms with Crippen LogP contribution >= 0.6 is 11.6 Å². The Morgan fingerprint density at radius 1 is 1.16 bits per heavy atom. The van der Waals surface area contributed by atoms with Gasteiger partial charge in [-0.15, -0.1) is 0 Å². The Hall–Kier alpha value is -1.72. The molecule has 0 unspecified atom stereocenters. The van der Waals surface area contributed by atoms with E-state index >= 15 is 0 Å². The molecular weight excluding hydrogens is 284 g/mol. The van der Waals surface area contributed by atoms with Crippen LogP contribution in [-0.2, 0) is 10.0 Å². The number of hydrogen-bond donors (Lipinski definition) is 2. The van der Waals surface area contributed by atoms with Crippen molar-refractivity contribution in [1.82, 2.24) is 0 Å². The summed E-state index contributed by atoms with van der Waals surface area (Å²) in [5, 5.41) is 0.310. The lowest BCUT2D eigenvalue weighted by molar-refractivity contribution is 0.601. The van der Waals surface area contributed by atoms with Crippen LogP contribution in [-0.4, -0.2) is 8.42 Å². The minimum atomic E-state index is -3.61. The highest BCUT2D eigenvalue weighted by Crippen LogP contribution is 2.24. The van der Waals surface area contributed by atoms with Crippen LogP contribution in [0, 0.1) is 6.92 Å². The molecule has 0 saturated heterocycles. The first kappa shape index (κ1) is 13.7. The van der Waals surface area contributed by atoms with Crippen molar-refractivity contribution in [3.05, 3.63) is 53.1 Å². The molecule has 0 aliphatic carbocycles. The highest BCUT2D eigenvalue weighted by Gasteiger charge is 2.14. The lowest BCUT2D eigenvalue weighted by Gasteiger charge is -2.09. The third-order valence-corrected chi connectivity index (χ3v) is 4.26. The average Bonchev–Trinajstić information content (AvgIpc) is 2.33. The first-order chi connectivity index (χ1) is 8.88. The van der Waals surface area contributed by atoms with Crippen molar-refractivity contribution in [2.24, 2.45) is 0 Å². The monoisotopic (exact) mass is 296 g/mol. The molecule has 6 heteroatoms. The second-order valence-electron chi connectivity index (χ2n) is 4.16. The topological polar surface area (TPSA) is 72.2 Å². The molecule has 0 aliphatic heterocycles. The van der Waals surface area contributed by atoms with Crippen LogP contribution in [0.5, 0.6) is 0 Å². The molecule has 2 rings (SSSR count). The number of rotatable bonds is 3. The maximum atomic E-state index is 12.2. The van der Waals surface area contributed by atoms with Gasteiger partial charge in [0.25, 0.3) is 10.0 Å². The molecule has 0 atom stereocenters. The Balaban J connectivity index is 2.33. The van der Waals surface area contributed by atoms with Crippen molar-refractivity contribution in [2.75, 3.05) is 10.5 Å². The first-order valence-electron chi connectivity index (χ1n) is 5.53. The van der Waals surface area contributed by atoms with Crippen LogP contribution in [0.15, 0.2) is 47.4 Å². The maximum absolute atomic E-state index is 12.2. The summed E-state index contributed by atoms with van der Waals surface area (Å²) in [4.78, 5) is 0.209. The summed E-state index contributed by atoms with van der Waals surface area (Å²) >= 11 is 5.85. The van der Waals surface area contributed by atoms with E-state index in [-0.39, 0.29) is 4.90 Å². The summed E-state index contributed by atoms with van der Waals surface area (Å²) < 4.78 is 26.8. The van der Waals surface area contributed by atoms with Gasteiger partial charge in [0.1, 0.15) is 0 Å². The van der Waals surface area contributed by atoms with Crippen molar-refractivity contribution < 1.29 is 8.42 Å². The SMILES string of the molecule is Cc1cccc(S(=O)(=O)Nc2ccc(N)c(Cl)c2)c1. The van der Waals surface area contributed by atoms with Gasteiger partial charge < -0.3 is 5.73 Å². The number of sulfonamides is 1. The fourth-order valence-corrected chi connectivity index (χ4v) is 2.92. The number of nitrogens with two attached hydrogens (primary N) is 1. The lowest BCUT2D eigenvalue weighted by Crippen LogP contribution is -2.13. The molecule has 2 aromatic carbocycles. The summed E-state index contributed by atoms with van der Waals surface area (Å²) in [6, 6.07) is 11.3. The summed E-state index contributed by atoms with van der Waals surface area (Å²) in [7, 11) is -3.61. The second kappa shape index (κ2) is 5.11. The molecule has 0 aliphatic rings. The highest BCUT2D eigenvalue weighted by atomic mass is 35.5. The molecule has 3 N–H and O–H groups in total. The van der Waals surface area contributed by atoms with E-state index in [0.717, 1.165) is 5.56 Å². The van der Waals surface area contributed by atoms with Crippen molar-refractivity contribution in [2.45, 2.75) is 11.8 Å². The Morgan fingerprint density at radius 3 is 2.53 bits per heavy atom. The van der Waals surface area contributed by atoms with E-state index in [9.17, 15) is 8.42 Å². The van der Waals surface area contributed by atoms with E-state index < -0.39 is 10.0 Å². The molecule has 0 heterocycles. The molecular formula is C13H13ClN2O2S. The van der Waals surface area contributed by atoms with Gasteiger partial charge in [0, 0.05) is 0 Å². The van der Waals surface area contributed by atoms with Gasteiger partial charge in [0.15, 0.2) is 0 Å². The molecule has 2 aromatic rings. The molecule has 0 radical (unpaired) electrons. The Kier molecular flexibility index (Phi) is 3.68. The lowest BCUT2D eigenvalue weighted by atomic mass is 10.2. The van der Waals surface area contributed by atoms with Crippen molar-refractivity contribution in [3.8, 4) is 0 Å². The zero-order valence-corrected chi connectivity index (χ0v) is 11.8. The minimum absolute atomic E-state index is 0.209. The third-order valence-electron chi connectivity index (χ3n) is 2.55. The van der Waals surface area contributed by atoms with Crippen molar-refractivity contribution >= 4 is 33.0 Å². The zero-order chi connectivity index (χ0) is 14.0. The number of halogens is 1. The Morgan fingerprint density at radius 2 is 1.89 bits per heavy atom. The van der Waals surface area contributed by atoms with Gasteiger partial charge in [-0.2, -0.15) is 0 Å². The zero-order valence-electron chi connectivity index (χ0n) is 10.2. The fraction of sp³-hybridized carbons (Fsp3) is 0.0769. The molecule has 0 bridgehead atoms. The number of anilines is 2. The average molecular weight is 297 g/mol. The molecule has 4 nitrogen and oxygen atoms in total. The summed E-state index contributed by atoms with van der Waals surface area (Å²) in [5.74, 6) is 0. The van der Waals surface area contributed by atoms with Gasteiger partial charge in [-0.05, 0) is 42.8 Å². The molecule has 19 heavy (non-hydrogen) atoms. The van der Waals surface area contributed by atoms with Crippen molar-refractivity contribution in [3.63, 3.8) is 0 Å². The van der Waals surface area contributed by atoms with Crippen LogP contribution in [0.1, 0.15) is 5.56 Å². The smallest absolute Gasteiger partial charge is 0.261 e. The van der Waals surface area contributed by atoms with E-state index in [1.807, 2.05) is 13.0 Å². The molecule has 0 spiro atoms. The van der Waals surface area contributed by atoms with Gasteiger partial charge in [-0.1, -0.05) is 23.7 Å². The van der Waals surface area contributed by atoms with E-state index in [1.54, 1.807) is 24.3 Å². The normalized spacial score (nSPS) is 11.3. The summed E-state index contributed by atoms with van der Waals surface area (Å²) in [5.41, 5.74) is 7.23. The number of aryl methyl sites for hydroxylation is 1. The van der Waals surface area contributed by atoms with E-state index in [4.69, 9.17) is 17.3 Å². The van der Waals surface area contributed by atoms with Gasteiger partial charge >= 0.3 is 0 Å². The van der Waals surface area contributed by atoms with Crippen LogP contribution in [0.25, 0.3) is 0 Å². The summed E-state index contributed by atoms with van der Waals surface area (Å²) in [6.07, 6.45) is 0. The van der Waals surface area contributed by atoms with Gasteiger partial charge in [-0.25, -0.2) is 8.42 Å². The van der Waals surface area contributed by atoms with Gasteiger partial charge in [0.05, 0.1) is 21.3 Å². The number of nitrogens with one attached hydrogen (secondary N) is 1. The van der Waals surface area contributed by atoms with Gasteiger partial charge in [-0.3, -0.25) is 4.72 Å². The molecule has 0 fully saturated rings.